The van der Waals surface area contributed by atoms with Crippen LogP contribution in [0.4, 0.5) is 0 Å². The minimum atomic E-state index is 0. The molecule has 0 radical (unpaired) electrons. The van der Waals surface area contributed by atoms with Crippen molar-refractivity contribution in [2.75, 3.05) is 20.6 Å². The number of guanidine groups is 1. The molecule has 0 bridgehead atoms. The molecule has 0 saturated carbocycles. The highest BCUT2D eigenvalue weighted by molar-refractivity contribution is 14.0. The third-order valence-corrected chi connectivity index (χ3v) is 3.89. The van der Waals surface area contributed by atoms with Crippen LogP contribution in [0.3, 0.4) is 0 Å². The number of benzene rings is 1. The first-order valence-corrected chi connectivity index (χ1v) is 8.01. The molecule has 0 unspecified atom stereocenters. The van der Waals surface area contributed by atoms with Gasteiger partial charge in [0.2, 0.25) is 0 Å². The predicted molar refractivity (Wildman–Crippen MR) is 109 cm³/mol. The van der Waals surface area contributed by atoms with E-state index < -0.39 is 0 Å². The van der Waals surface area contributed by atoms with Crippen LogP contribution < -0.4 is 5.32 Å². The lowest BCUT2D eigenvalue weighted by Crippen LogP contribution is -2.39. The fourth-order valence-electron chi connectivity index (χ4n) is 2.24. The molecule has 1 N–H and O–H groups in total. The summed E-state index contributed by atoms with van der Waals surface area (Å²) in [6.45, 7) is 1.66. The van der Waals surface area contributed by atoms with Crippen LogP contribution in [-0.2, 0) is 20.0 Å². The van der Waals surface area contributed by atoms with Crippen molar-refractivity contribution in [2.45, 2.75) is 13.0 Å². The number of hydrogen-bond acceptors (Lipinski definition) is 2. The van der Waals surface area contributed by atoms with E-state index in [4.69, 9.17) is 0 Å². The maximum absolute atomic E-state index is 4.34. The summed E-state index contributed by atoms with van der Waals surface area (Å²) in [5.41, 5.74) is 2.47. The summed E-state index contributed by atoms with van der Waals surface area (Å²) in [4.78, 5) is 6.46. The third kappa shape index (κ3) is 6.50. The first-order valence-electron chi connectivity index (χ1n) is 7.22. The van der Waals surface area contributed by atoms with Gasteiger partial charge in [-0.2, -0.15) is 5.10 Å². The summed E-state index contributed by atoms with van der Waals surface area (Å²) in [5, 5.41) is 7.57. The Balaban J connectivity index is 0.00000264. The van der Waals surface area contributed by atoms with Crippen molar-refractivity contribution in [3.05, 3.63) is 52.3 Å². The van der Waals surface area contributed by atoms with Crippen molar-refractivity contribution in [1.82, 2.24) is 20.0 Å². The summed E-state index contributed by atoms with van der Waals surface area (Å²) in [5.74, 6) is 0.895. The van der Waals surface area contributed by atoms with Crippen LogP contribution in [-0.4, -0.2) is 41.3 Å². The molecule has 0 aliphatic rings. The number of halogens is 2. The molecule has 0 aliphatic carbocycles. The Kier molecular flexibility index (Phi) is 8.60. The summed E-state index contributed by atoms with van der Waals surface area (Å²) in [7, 11) is 5.79. The molecule has 0 fully saturated rings. The molecule has 0 spiro atoms. The van der Waals surface area contributed by atoms with Gasteiger partial charge in [0.1, 0.15) is 0 Å². The Labute approximate surface area is 163 Å². The lowest BCUT2D eigenvalue weighted by atomic mass is 10.2. The summed E-state index contributed by atoms with van der Waals surface area (Å²) in [6, 6.07) is 8.34. The van der Waals surface area contributed by atoms with Gasteiger partial charge < -0.3 is 10.2 Å². The zero-order valence-corrected chi connectivity index (χ0v) is 17.6. The van der Waals surface area contributed by atoms with Gasteiger partial charge in [0.25, 0.3) is 0 Å². The first-order chi connectivity index (χ1) is 10.6. The fourth-order valence-corrected chi connectivity index (χ4v) is 2.51. The molecule has 126 valence electrons. The number of aryl methyl sites for hydroxylation is 1. The van der Waals surface area contributed by atoms with Gasteiger partial charge in [-0.25, -0.2) is 0 Å². The first kappa shape index (κ1) is 20.0. The van der Waals surface area contributed by atoms with Crippen LogP contribution in [0.2, 0.25) is 0 Å². The molecule has 23 heavy (non-hydrogen) atoms. The second kappa shape index (κ2) is 9.92. The Bertz CT molecular complexity index is 624. The van der Waals surface area contributed by atoms with Gasteiger partial charge in [-0.05, 0) is 29.7 Å². The monoisotopic (exact) mass is 491 g/mol. The number of aromatic nitrogens is 2. The van der Waals surface area contributed by atoms with E-state index >= 15 is 0 Å². The number of hydrogen-bond donors (Lipinski definition) is 1. The van der Waals surface area contributed by atoms with E-state index in [1.54, 1.807) is 0 Å². The van der Waals surface area contributed by atoms with Crippen LogP contribution in [0.25, 0.3) is 0 Å². The van der Waals surface area contributed by atoms with E-state index in [0.29, 0.717) is 0 Å². The lowest BCUT2D eigenvalue weighted by molar-refractivity contribution is 0.477. The van der Waals surface area contributed by atoms with Crippen molar-refractivity contribution in [3.8, 4) is 0 Å². The van der Waals surface area contributed by atoms with Crippen LogP contribution in [0, 0.1) is 0 Å². The second-order valence-electron chi connectivity index (χ2n) is 5.23. The lowest BCUT2D eigenvalue weighted by Gasteiger charge is -2.22. The van der Waals surface area contributed by atoms with Gasteiger partial charge in [0.05, 0.1) is 6.20 Å². The van der Waals surface area contributed by atoms with Crippen LogP contribution in [0.15, 0.2) is 46.1 Å². The van der Waals surface area contributed by atoms with Crippen molar-refractivity contribution >= 4 is 45.9 Å². The van der Waals surface area contributed by atoms with Gasteiger partial charge >= 0.3 is 0 Å². The van der Waals surface area contributed by atoms with Crippen LogP contribution in [0.1, 0.15) is 11.1 Å². The molecule has 2 rings (SSSR count). The highest BCUT2D eigenvalue weighted by Gasteiger charge is 2.06. The molecule has 1 heterocycles. The summed E-state index contributed by atoms with van der Waals surface area (Å²) < 4.78 is 2.92. The average Bonchev–Trinajstić information content (AvgIpc) is 2.91. The topological polar surface area (TPSA) is 45.5 Å². The van der Waals surface area contributed by atoms with Gasteiger partial charge in [-0.3, -0.25) is 9.67 Å². The average molecular weight is 492 g/mol. The van der Waals surface area contributed by atoms with E-state index in [1.807, 2.05) is 38.2 Å². The number of aliphatic imine (C=N–C) groups is 1. The molecule has 0 atom stereocenters. The standard InChI is InChI=1S/C16H22BrN5.HI/c1-18-16(19-9-8-14-10-20-22(3)12-14)21(2)11-13-4-6-15(17)7-5-13;/h4-7,10,12H,8-9,11H2,1-3H3,(H,18,19);1H. The van der Waals surface area contributed by atoms with Crippen molar-refractivity contribution in [1.29, 1.82) is 0 Å². The Morgan fingerprint density at radius 1 is 1.30 bits per heavy atom. The van der Waals surface area contributed by atoms with Crippen molar-refractivity contribution in [2.24, 2.45) is 12.0 Å². The second-order valence-corrected chi connectivity index (χ2v) is 6.14. The summed E-state index contributed by atoms with van der Waals surface area (Å²) >= 11 is 3.46. The molecule has 7 heteroatoms. The fraction of sp³-hybridized carbons (Fsp3) is 0.375. The number of nitrogens with zero attached hydrogens (tertiary/aromatic N) is 4. The van der Waals surface area contributed by atoms with Crippen LogP contribution >= 0.6 is 39.9 Å². The molecule has 0 amide bonds. The minimum Gasteiger partial charge on any atom is -0.356 e. The molecular weight excluding hydrogens is 469 g/mol. The van der Waals surface area contributed by atoms with E-state index in [2.05, 4.69) is 60.5 Å². The summed E-state index contributed by atoms with van der Waals surface area (Å²) in [6.07, 6.45) is 4.87. The molecule has 1 aromatic heterocycles. The smallest absolute Gasteiger partial charge is 0.193 e. The van der Waals surface area contributed by atoms with Crippen molar-refractivity contribution in [3.63, 3.8) is 0 Å². The molecule has 2 aromatic rings. The van der Waals surface area contributed by atoms with E-state index in [-0.39, 0.29) is 24.0 Å². The highest BCUT2D eigenvalue weighted by Crippen LogP contribution is 2.11. The van der Waals surface area contributed by atoms with E-state index in [0.717, 1.165) is 29.9 Å². The zero-order chi connectivity index (χ0) is 15.9. The normalized spacial score (nSPS) is 11.0. The largest absolute Gasteiger partial charge is 0.356 e. The number of rotatable bonds is 5. The van der Waals surface area contributed by atoms with E-state index in [1.165, 1.54) is 11.1 Å². The van der Waals surface area contributed by atoms with Crippen molar-refractivity contribution < 1.29 is 0 Å². The quantitative estimate of drug-likeness (QED) is 0.397. The van der Waals surface area contributed by atoms with Crippen LogP contribution in [0.5, 0.6) is 0 Å². The molecule has 5 nitrogen and oxygen atoms in total. The zero-order valence-electron chi connectivity index (χ0n) is 13.7. The molecule has 1 aromatic carbocycles. The SMILES string of the molecule is CN=C(NCCc1cnn(C)c1)N(C)Cc1ccc(Br)cc1.I. The Morgan fingerprint density at radius 3 is 2.57 bits per heavy atom. The molecular formula is C16H23BrIN5. The van der Waals surface area contributed by atoms with Gasteiger partial charge in [-0.15, -0.1) is 24.0 Å². The van der Waals surface area contributed by atoms with Gasteiger partial charge in [0, 0.05) is 44.9 Å². The maximum Gasteiger partial charge on any atom is 0.193 e. The molecule has 0 saturated heterocycles. The maximum atomic E-state index is 4.34. The number of nitrogens with one attached hydrogen (secondary N) is 1. The van der Waals surface area contributed by atoms with E-state index in [9.17, 15) is 0 Å². The van der Waals surface area contributed by atoms with Gasteiger partial charge in [-0.1, -0.05) is 28.1 Å². The van der Waals surface area contributed by atoms with Gasteiger partial charge in [0.15, 0.2) is 5.96 Å². The third-order valence-electron chi connectivity index (χ3n) is 3.36. The highest BCUT2D eigenvalue weighted by atomic mass is 127. The molecule has 0 aliphatic heterocycles. The minimum absolute atomic E-state index is 0. The Morgan fingerprint density at radius 2 is 2.00 bits per heavy atom. The predicted octanol–water partition coefficient (Wildman–Crippen LogP) is 3.05. The Hall–Kier alpha value is -1.09.